The number of aliphatic hydroxyl groups is 1. The molecular weight excluding hydrogens is 599 g/mol. The molecule has 6 unspecified atom stereocenters. The van der Waals surface area contributed by atoms with Gasteiger partial charge >= 0.3 is 6.18 Å². The Labute approximate surface area is 222 Å². The minimum absolute atomic E-state index is 0.141. The molecule has 3 rings (SSSR count). The zero-order chi connectivity index (χ0) is 27.0. The van der Waals surface area contributed by atoms with Gasteiger partial charge in [0, 0.05) is 24.3 Å². The molecule has 7 nitrogen and oxygen atoms in total. The standard InChI is InChI=1S/C22H23BrCl2F4N2O5/c1-10-4-11(2-3-13(10)20(34)31(9-32)18-7-17(23)30-36-18)16(33)8-21(35,22(27,28)29)12-5-14(24)19(26)15(25)6-12/h2-4,9-10,12-14,17-18,30,35H,5-8H2,1H3/t10?,12?,13-,14?,17?,18?,21?/m0/s1. The van der Waals surface area contributed by atoms with Crippen LogP contribution >= 0.6 is 39.1 Å². The van der Waals surface area contributed by atoms with E-state index in [0.29, 0.717) is 12.8 Å². The van der Waals surface area contributed by atoms with E-state index in [4.69, 9.17) is 28.0 Å². The summed E-state index contributed by atoms with van der Waals surface area (Å²) in [5.74, 6) is -5.79. The van der Waals surface area contributed by atoms with Crippen LogP contribution < -0.4 is 5.48 Å². The lowest BCUT2D eigenvalue weighted by Crippen LogP contribution is -2.54. The maximum absolute atomic E-state index is 14.0. The Morgan fingerprint density at radius 1 is 1.36 bits per heavy atom. The zero-order valence-corrected chi connectivity index (χ0v) is 21.9. The Morgan fingerprint density at radius 2 is 2.03 bits per heavy atom. The van der Waals surface area contributed by atoms with Gasteiger partial charge in [0.15, 0.2) is 17.6 Å². The Morgan fingerprint density at radius 3 is 2.53 bits per heavy atom. The number of imide groups is 1. The molecule has 0 spiro atoms. The molecule has 3 aliphatic rings. The third-order valence-corrected chi connectivity index (χ3v) is 7.83. The number of halogens is 7. The average molecular weight is 622 g/mol. The first kappa shape index (κ1) is 29.2. The first-order chi connectivity index (χ1) is 16.7. The van der Waals surface area contributed by atoms with Crippen molar-refractivity contribution in [3.63, 3.8) is 0 Å². The third kappa shape index (κ3) is 5.88. The number of hydrogen-bond donors (Lipinski definition) is 2. The highest BCUT2D eigenvalue weighted by Gasteiger charge is 2.60. The quantitative estimate of drug-likeness (QED) is 0.190. The molecule has 7 atom stereocenters. The van der Waals surface area contributed by atoms with Gasteiger partial charge in [-0.15, -0.1) is 11.6 Å². The summed E-state index contributed by atoms with van der Waals surface area (Å²) in [7, 11) is 0. The van der Waals surface area contributed by atoms with E-state index in [1.807, 2.05) is 0 Å². The lowest BCUT2D eigenvalue weighted by atomic mass is 9.74. The van der Waals surface area contributed by atoms with Crippen LogP contribution in [0.3, 0.4) is 0 Å². The number of carbonyl (C=O) groups is 3. The van der Waals surface area contributed by atoms with Crippen molar-refractivity contribution < 1.29 is 41.9 Å². The number of hydrogen-bond acceptors (Lipinski definition) is 6. The predicted octanol–water partition coefficient (Wildman–Crippen LogP) is 4.38. The molecule has 14 heteroatoms. The van der Waals surface area contributed by atoms with E-state index in [1.165, 1.54) is 18.2 Å². The van der Waals surface area contributed by atoms with Gasteiger partial charge in [0.1, 0.15) is 5.83 Å². The van der Waals surface area contributed by atoms with Crippen molar-refractivity contribution in [3.8, 4) is 0 Å². The van der Waals surface area contributed by atoms with Crippen molar-refractivity contribution >= 4 is 57.2 Å². The lowest BCUT2D eigenvalue weighted by Gasteiger charge is -2.40. The predicted molar refractivity (Wildman–Crippen MR) is 125 cm³/mol. The van der Waals surface area contributed by atoms with Crippen molar-refractivity contribution in [2.75, 3.05) is 0 Å². The second-order valence-electron chi connectivity index (χ2n) is 8.99. The third-order valence-electron chi connectivity index (χ3n) is 6.57. The fraction of sp³-hybridized carbons (Fsp3) is 0.591. The van der Waals surface area contributed by atoms with Gasteiger partial charge in [-0.1, -0.05) is 52.7 Å². The van der Waals surface area contributed by atoms with E-state index < -0.39 is 82.9 Å². The van der Waals surface area contributed by atoms with E-state index in [1.54, 1.807) is 6.92 Å². The van der Waals surface area contributed by atoms with Crippen LogP contribution in [-0.4, -0.2) is 56.4 Å². The van der Waals surface area contributed by atoms with E-state index in [2.05, 4.69) is 21.4 Å². The number of carbonyl (C=O) groups excluding carboxylic acids is 3. The van der Waals surface area contributed by atoms with Gasteiger partial charge in [0.2, 0.25) is 12.3 Å². The molecule has 2 amide bonds. The normalized spacial score (nSPS) is 32.6. The zero-order valence-electron chi connectivity index (χ0n) is 18.8. The molecule has 0 aromatic carbocycles. The fourth-order valence-electron chi connectivity index (χ4n) is 4.46. The molecule has 1 fully saturated rings. The smallest absolute Gasteiger partial charge is 0.380 e. The van der Waals surface area contributed by atoms with E-state index in [-0.39, 0.29) is 10.5 Å². The Balaban J connectivity index is 1.76. The van der Waals surface area contributed by atoms with Crippen LogP contribution in [0.1, 0.15) is 32.6 Å². The van der Waals surface area contributed by atoms with Crippen molar-refractivity contribution in [1.82, 2.24) is 10.4 Å². The summed E-state index contributed by atoms with van der Waals surface area (Å²) in [6, 6.07) is 0. The van der Waals surface area contributed by atoms with Crippen LogP contribution in [0.15, 0.2) is 34.7 Å². The van der Waals surface area contributed by atoms with E-state index in [9.17, 15) is 37.1 Å². The number of hydroxylamine groups is 1. The van der Waals surface area contributed by atoms with Crippen LogP contribution in [0.2, 0.25) is 0 Å². The van der Waals surface area contributed by atoms with Crippen molar-refractivity contribution in [2.24, 2.45) is 17.8 Å². The molecule has 200 valence electrons. The maximum atomic E-state index is 14.0. The molecule has 36 heavy (non-hydrogen) atoms. The van der Waals surface area contributed by atoms with E-state index in [0.717, 1.165) is 4.90 Å². The van der Waals surface area contributed by atoms with Gasteiger partial charge < -0.3 is 5.11 Å². The van der Waals surface area contributed by atoms with Crippen LogP contribution in [0, 0.1) is 17.8 Å². The van der Waals surface area contributed by atoms with Crippen LogP contribution in [0.5, 0.6) is 0 Å². The first-order valence-corrected chi connectivity index (χ1v) is 12.7. The Bertz CT molecular complexity index is 1010. The fourth-order valence-corrected chi connectivity index (χ4v) is 5.60. The van der Waals surface area contributed by atoms with Crippen molar-refractivity contribution in [3.05, 3.63) is 34.7 Å². The van der Waals surface area contributed by atoms with Crippen molar-refractivity contribution in [2.45, 2.75) is 60.9 Å². The highest BCUT2D eigenvalue weighted by Crippen LogP contribution is 2.48. The van der Waals surface area contributed by atoms with E-state index >= 15 is 0 Å². The second kappa shape index (κ2) is 11.2. The number of nitrogens with one attached hydrogen (secondary N) is 1. The maximum Gasteiger partial charge on any atom is 0.417 e. The molecule has 2 aliphatic carbocycles. The number of allylic oxidation sites excluding steroid dienone is 5. The van der Waals surface area contributed by atoms with Gasteiger partial charge in [-0.05, 0) is 18.8 Å². The topological polar surface area (TPSA) is 95.9 Å². The first-order valence-electron chi connectivity index (χ1n) is 10.9. The largest absolute Gasteiger partial charge is 0.417 e. The molecule has 0 aromatic rings. The van der Waals surface area contributed by atoms with Gasteiger partial charge in [0.25, 0.3) is 0 Å². The number of alkyl halides is 5. The number of rotatable bonds is 7. The molecule has 0 saturated carbocycles. The summed E-state index contributed by atoms with van der Waals surface area (Å²) in [4.78, 5) is 43.1. The van der Waals surface area contributed by atoms with Gasteiger partial charge in [-0.25, -0.2) is 4.39 Å². The number of ketones is 1. The van der Waals surface area contributed by atoms with Crippen LogP contribution in [0.4, 0.5) is 17.6 Å². The highest BCUT2D eigenvalue weighted by atomic mass is 79.9. The van der Waals surface area contributed by atoms with Crippen LogP contribution in [-0.2, 0) is 19.2 Å². The average Bonchev–Trinajstić information content (AvgIpc) is 3.22. The molecule has 0 bridgehead atoms. The minimum Gasteiger partial charge on any atom is -0.380 e. The summed E-state index contributed by atoms with van der Waals surface area (Å²) < 4.78 is 55.8. The molecule has 1 aliphatic heterocycles. The number of Topliss-reactive ketones (excluding diaryl/α,β-unsaturated/α-hetero) is 1. The van der Waals surface area contributed by atoms with Gasteiger partial charge in [-0.3, -0.25) is 24.1 Å². The molecule has 1 saturated heterocycles. The van der Waals surface area contributed by atoms with Gasteiger partial charge in [0.05, 0.1) is 21.3 Å². The van der Waals surface area contributed by atoms with Crippen LogP contribution in [0.25, 0.3) is 0 Å². The number of amides is 2. The summed E-state index contributed by atoms with van der Waals surface area (Å²) in [5.41, 5.74) is -1.07. The summed E-state index contributed by atoms with van der Waals surface area (Å²) in [6.07, 6.45) is -4.20. The summed E-state index contributed by atoms with van der Waals surface area (Å²) in [5, 5.41) is 8.68. The van der Waals surface area contributed by atoms with Gasteiger partial charge in [-0.2, -0.15) is 18.7 Å². The highest BCUT2D eigenvalue weighted by molar-refractivity contribution is 9.09. The number of nitrogens with zero attached hydrogens (tertiary/aromatic N) is 1. The molecule has 0 radical (unpaired) electrons. The lowest BCUT2D eigenvalue weighted by molar-refractivity contribution is -0.280. The minimum atomic E-state index is -5.23. The monoisotopic (exact) mass is 620 g/mol. The Hall–Kier alpha value is -1.31. The molecule has 0 aromatic heterocycles. The molecule has 2 N–H and O–H groups in total. The van der Waals surface area contributed by atoms with Crippen molar-refractivity contribution in [1.29, 1.82) is 0 Å². The molecule has 1 heterocycles. The molecular formula is C22H23BrCl2F4N2O5. The Kier molecular flexibility index (Phi) is 9.10. The second-order valence-corrected chi connectivity index (χ2v) is 11.1. The summed E-state index contributed by atoms with van der Waals surface area (Å²) in [6.45, 7) is 1.56. The SMILES string of the molecule is CC1C=C(C(=O)CC(O)(C2CC(Cl)=C(F)C(Cl)C2)C(F)(F)F)C=C[C@@H]1C(=O)N(C=O)C1CC(Br)NO1. The summed E-state index contributed by atoms with van der Waals surface area (Å²) >= 11 is 14.7.